The van der Waals surface area contributed by atoms with Gasteiger partial charge < -0.3 is 20.9 Å². The fraction of sp³-hybridized carbons (Fsp3) is 0.0588. The van der Waals surface area contributed by atoms with E-state index < -0.39 is 55.6 Å². The highest BCUT2D eigenvalue weighted by molar-refractivity contribution is 7.89. The topological polar surface area (TPSA) is 240 Å². The molecule has 0 unspecified atom stereocenters. The molecule has 0 aliphatic heterocycles. The van der Waals surface area contributed by atoms with Gasteiger partial charge in [-0.15, -0.1) is 46.8 Å². The van der Waals surface area contributed by atoms with Gasteiger partial charge in [-0.2, -0.15) is 0 Å². The van der Waals surface area contributed by atoms with Crippen molar-refractivity contribution in [2.45, 2.75) is 22.5 Å². The van der Waals surface area contributed by atoms with Gasteiger partial charge in [0, 0.05) is 21.5 Å². The minimum absolute atomic E-state index is 0.0748. The predicted octanol–water partition coefficient (Wildman–Crippen LogP) is 8.75. The first kappa shape index (κ1) is 39.3. The molecule has 0 bridgehead atoms. The number of azo groups is 2. The highest BCUT2D eigenvalue weighted by atomic mass is 32.2. The Bertz CT molecular complexity index is 2640. The lowest BCUT2D eigenvalue weighted by Crippen LogP contribution is -2.17. The molecule has 0 heterocycles. The van der Waals surface area contributed by atoms with E-state index in [1.165, 1.54) is 48.5 Å². The van der Waals surface area contributed by atoms with E-state index in [1.807, 2.05) is 0 Å². The predicted molar refractivity (Wildman–Crippen MR) is 193 cm³/mol. The summed E-state index contributed by atoms with van der Waals surface area (Å²) in [5, 5.41) is 26.8. The molecule has 6 aromatic carbocycles. The van der Waals surface area contributed by atoms with Crippen LogP contribution in [0.4, 0.5) is 60.5 Å². The Morgan fingerprint density at radius 2 is 0.786 bits per heavy atom. The molecule has 0 radical (unpaired) electrons. The number of sulfonamides is 2. The number of primary sulfonamides is 2. The number of nitrogens with two attached hydrogens (primary N) is 4. The van der Waals surface area contributed by atoms with Crippen LogP contribution in [0.3, 0.4) is 0 Å². The van der Waals surface area contributed by atoms with Crippen LogP contribution in [0.2, 0.25) is 0 Å². The summed E-state index contributed by atoms with van der Waals surface area (Å²) in [6, 6.07) is 19.9. The minimum atomic E-state index is -5.28. The molecule has 0 saturated carbocycles. The monoisotopic (exact) mass is 818 g/mol. The van der Waals surface area contributed by atoms with Crippen LogP contribution < -0.4 is 31.2 Å². The van der Waals surface area contributed by atoms with Crippen LogP contribution in [0.1, 0.15) is 0 Å². The van der Waals surface area contributed by atoms with E-state index in [0.717, 1.165) is 36.4 Å². The largest absolute Gasteiger partial charge is 0.573 e. The van der Waals surface area contributed by atoms with Crippen molar-refractivity contribution < 1.29 is 52.7 Å². The SMILES string of the molecule is Nc1c(N=Nc2ccc(-c3ccc(N=Nc4cc(S(N)(=O)=O)c5ccccc5c4N)c(OC(F)(F)F)c3)cc2OC(F)(F)F)cc(S(N)(=O)=O)c2ccccc12. The third-order valence-electron chi connectivity index (χ3n) is 7.90. The number of alkyl halides is 6. The molecule has 14 nitrogen and oxygen atoms in total. The Morgan fingerprint density at radius 3 is 1.11 bits per heavy atom. The number of halogens is 6. The zero-order valence-corrected chi connectivity index (χ0v) is 29.5. The average Bonchev–Trinajstić information content (AvgIpc) is 3.09. The molecule has 0 aliphatic carbocycles. The van der Waals surface area contributed by atoms with Crippen molar-refractivity contribution >= 4 is 75.7 Å². The van der Waals surface area contributed by atoms with Crippen molar-refractivity contribution in [2.24, 2.45) is 30.7 Å². The van der Waals surface area contributed by atoms with Crippen LogP contribution in [0.15, 0.2) is 127 Å². The van der Waals surface area contributed by atoms with Crippen LogP contribution in [-0.4, -0.2) is 29.6 Å². The molecular weight excluding hydrogens is 795 g/mol. The Hall–Kier alpha value is -6.36. The van der Waals surface area contributed by atoms with Crippen molar-refractivity contribution in [3.05, 3.63) is 97.1 Å². The number of nitrogen functional groups attached to an aromatic ring is 2. The zero-order chi connectivity index (χ0) is 40.8. The van der Waals surface area contributed by atoms with Gasteiger partial charge in [0.15, 0.2) is 11.5 Å². The molecule has 22 heteroatoms. The second-order valence-electron chi connectivity index (χ2n) is 11.7. The van der Waals surface area contributed by atoms with Crippen LogP contribution >= 0.6 is 0 Å². The molecule has 0 aliphatic rings. The maximum Gasteiger partial charge on any atom is 0.573 e. The van der Waals surface area contributed by atoms with Crippen LogP contribution in [0, 0.1) is 0 Å². The van der Waals surface area contributed by atoms with E-state index in [0.29, 0.717) is 0 Å². The van der Waals surface area contributed by atoms with E-state index in [-0.39, 0.29) is 65.2 Å². The lowest BCUT2D eigenvalue weighted by atomic mass is 10.0. The molecule has 0 amide bonds. The fourth-order valence-electron chi connectivity index (χ4n) is 5.52. The first-order valence-corrected chi connectivity index (χ1v) is 18.5. The Morgan fingerprint density at radius 1 is 0.464 bits per heavy atom. The molecule has 0 saturated heterocycles. The highest BCUT2D eigenvalue weighted by Crippen LogP contribution is 2.43. The number of nitrogens with zero attached hydrogens (tertiary/aromatic N) is 4. The number of hydrogen-bond donors (Lipinski definition) is 4. The van der Waals surface area contributed by atoms with Crippen molar-refractivity contribution in [2.75, 3.05) is 11.5 Å². The zero-order valence-electron chi connectivity index (χ0n) is 27.9. The summed E-state index contributed by atoms with van der Waals surface area (Å²) in [7, 11) is -8.66. The van der Waals surface area contributed by atoms with E-state index in [9.17, 15) is 43.2 Å². The first-order chi connectivity index (χ1) is 26.1. The average molecular weight is 819 g/mol. The van der Waals surface area contributed by atoms with Crippen LogP contribution in [0.25, 0.3) is 32.7 Å². The molecule has 6 rings (SSSR count). The highest BCUT2D eigenvalue weighted by Gasteiger charge is 2.34. The Labute approximate surface area is 312 Å². The number of fused-ring (bicyclic) bond motifs is 2. The van der Waals surface area contributed by atoms with Gasteiger partial charge in [-0.25, -0.2) is 27.1 Å². The Balaban J connectivity index is 1.42. The molecule has 8 N–H and O–H groups in total. The lowest BCUT2D eigenvalue weighted by Gasteiger charge is -2.15. The molecule has 0 aromatic heterocycles. The van der Waals surface area contributed by atoms with Crippen molar-refractivity contribution in [3.63, 3.8) is 0 Å². The second-order valence-corrected chi connectivity index (χ2v) is 14.7. The summed E-state index contributed by atoms with van der Waals surface area (Å²) < 4.78 is 139. The molecule has 56 heavy (non-hydrogen) atoms. The maximum absolute atomic E-state index is 13.6. The smallest absolute Gasteiger partial charge is 0.403 e. The number of rotatable bonds is 9. The number of benzene rings is 6. The van der Waals surface area contributed by atoms with Crippen molar-refractivity contribution in [3.8, 4) is 22.6 Å². The van der Waals surface area contributed by atoms with Gasteiger partial charge in [0.2, 0.25) is 20.0 Å². The third-order valence-corrected chi connectivity index (χ3v) is 9.80. The molecule has 0 spiro atoms. The van der Waals surface area contributed by atoms with Gasteiger partial charge in [-0.1, -0.05) is 60.7 Å². The van der Waals surface area contributed by atoms with Gasteiger partial charge in [-0.05, 0) is 47.5 Å². The third kappa shape index (κ3) is 8.62. The van der Waals surface area contributed by atoms with E-state index in [1.54, 1.807) is 12.1 Å². The van der Waals surface area contributed by atoms with E-state index in [2.05, 4.69) is 29.9 Å². The van der Waals surface area contributed by atoms with Gasteiger partial charge in [0.05, 0.1) is 21.2 Å². The normalized spacial score (nSPS) is 12.9. The number of anilines is 2. The summed E-state index contributed by atoms with van der Waals surface area (Å²) in [5.41, 5.74) is 10.3. The van der Waals surface area contributed by atoms with Crippen LogP contribution in [0.5, 0.6) is 11.5 Å². The maximum atomic E-state index is 13.6. The standard InChI is InChI=1S/C34H24F6N8O6S2/c35-33(36,37)53-27-13-17(9-11-23(27)45-47-25-15-29(55(43,49)50)19-5-1-3-7-21(19)31(25)41)18-10-12-24(28(14-18)54-34(38,39)40)46-48-26-16-30(56(44,51)52)20-6-2-4-8-22(20)32(26)42/h1-16H,41-42H2,(H2,43,49,50)(H2,44,51,52). The van der Waals surface area contributed by atoms with E-state index in [4.69, 9.17) is 21.7 Å². The molecular formula is C34H24F6N8O6S2. The molecule has 6 aromatic rings. The summed E-state index contributed by atoms with van der Waals surface area (Å²) in [5.74, 6) is -1.91. The summed E-state index contributed by atoms with van der Waals surface area (Å²) in [6.07, 6.45) is -10.6. The number of hydrogen-bond acceptors (Lipinski definition) is 12. The lowest BCUT2D eigenvalue weighted by molar-refractivity contribution is -0.275. The van der Waals surface area contributed by atoms with Gasteiger partial charge in [0.25, 0.3) is 0 Å². The van der Waals surface area contributed by atoms with Crippen molar-refractivity contribution in [1.82, 2.24) is 0 Å². The first-order valence-electron chi connectivity index (χ1n) is 15.4. The van der Waals surface area contributed by atoms with Crippen LogP contribution in [-0.2, 0) is 20.0 Å². The summed E-state index contributed by atoms with van der Waals surface area (Å²) in [4.78, 5) is -0.764. The summed E-state index contributed by atoms with van der Waals surface area (Å²) in [6.45, 7) is 0. The minimum Gasteiger partial charge on any atom is -0.403 e. The van der Waals surface area contributed by atoms with Crippen molar-refractivity contribution in [1.29, 1.82) is 0 Å². The molecule has 0 fully saturated rings. The number of ether oxygens (including phenoxy) is 2. The van der Waals surface area contributed by atoms with Gasteiger partial charge in [-0.3, -0.25) is 0 Å². The van der Waals surface area contributed by atoms with Gasteiger partial charge >= 0.3 is 12.7 Å². The quantitative estimate of drug-likeness (QED) is 0.0623. The van der Waals surface area contributed by atoms with Gasteiger partial charge in [0.1, 0.15) is 22.7 Å². The molecule has 0 atom stereocenters. The van der Waals surface area contributed by atoms with E-state index >= 15 is 0 Å². The molecule has 290 valence electrons. The second kappa shape index (κ2) is 14.4. The summed E-state index contributed by atoms with van der Waals surface area (Å²) >= 11 is 0. The fourth-order valence-corrected chi connectivity index (χ4v) is 7.04. The Kier molecular flexibility index (Phi) is 10.1.